The van der Waals surface area contributed by atoms with Crippen molar-refractivity contribution in [1.29, 1.82) is 0 Å². The average Bonchev–Trinajstić information content (AvgIpc) is 2.00. The molecule has 0 aliphatic rings. The molecular formula is C8H16F3NO. The zero-order valence-electron chi connectivity index (χ0n) is 8.11. The van der Waals surface area contributed by atoms with Gasteiger partial charge in [-0.2, -0.15) is 13.2 Å². The third-order valence-electron chi connectivity index (χ3n) is 1.93. The van der Waals surface area contributed by atoms with E-state index < -0.39 is 12.6 Å². The Hall–Kier alpha value is -0.290. The minimum absolute atomic E-state index is 0.0632. The number of hydrogen-bond donors (Lipinski definition) is 1. The van der Waals surface area contributed by atoms with E-state index in [1.165, 1.54) is 0 Å². The van der Waals surface area contributed by atoms with E-state index in [0.717, 1.165) is 0 Å². The topological polar surface area (TPSA) is 21.3 Å². The Morgan fingerprint density at radius 2 is 1.85 bits per heavy atom. The number of likely N-dealkylation sites (N-methyl/N-ethyl adjacent to an activating group) is 1. The van der Waals surface area contributed by atoms with Crippen LogP contribution in [-0.4, -0.2) is 32.0 Å². The number of hydrogen-bond acceptors (Lipinski definition) is 2. The first-order chi connectivity index (χ1) is 5.87. The van der Waals surface area contributed by atoms with Crippen LogP contribution in [0.4, 0.5) is 13.2 Å². The summed E-state index contributed by atoms with van der Waals surface area (Å²) < 4.78 is 40.1. The quantitative estimate of drug-likeness (QED) is 0.730. The monoisotopic (exact) mass is 199 g/mol. The van der Waals surface area contributed by atoms with Gasteiger partial charge in [-0.1, -0.05) is 0 Å². The lowest BCUT2D eigenvalue weighted by atomic mass is 10.2. The maximum absolute atomic E-state index is 11.7. The van der Waals surface area contributed by atoms with Crippen molar-refractivity contribution in [2.45, 2.75) is 38.6 Å². The average molecular weight is 199 g/mol. The molecule has 0 radical (unpaired) electrons. The van der Waals surface area contributed by atoms with Crippen LogP contribution >= 0.6 is 0 Å². The van der Waals surface area contributed by atoms with Crippen molar-refractivity contribution in [1.82, 2.24) is 5.32 Å². The third-order valence-corrected chi connectivity index (χ3v) is 1.93. The van der Waals surface area contributed by atoms with Crippen LogP contribution in [0.25, 0.3) is 0 Å². The number of halogens is 3. The van der Waals surface area contributed by atoms with E-state index in [0.29, 0.717) is 0 Å². The fourth-order valence-corrected chi connectivity index (χ4v) is 0.740. The first-order valence-electron chi connectivity index (χ1n) is 4.22. The van der Waals surface area contributed by atoms with Crippen LogP contribution in [0.1, 0.15) is 20.3 Å². The van der Waals surface area contributed by atoms with Crippen molar-refractivity contribution in [2.75, 3.05) is 13.7 Å². The minimum atomic E-state index is -4.12. The van der Waals surface area contributed by atoms with Crippen molar-refractivity contribution in [3.05, 3.63) is 0 Å². The number of alkyl halides is 3. The van der Waals surface area contributed by atoms with Crippen LogP contribution in [0.2, 0.25) is 0 Å². The van der Waals surface area contributed by atoms with Gasteiger partial charge in [0.25, 0.3) is 0 Å². The van der Waals surface area contributed by atoms with E-state index in [1.54, 1.807) is 14.0 Å². The zero-order chi connectivity index (χ0) is 10.5. The second kappa shape index (κ2) is 5.44. The van der Waals surface area contributed by atoms with Crippen LogP contribution in [0.5, 0.6) is 0 Å². The normalized spacial score (nSPS) is 17.1. The predicted molar refractivity (Wildman–Crippen MR) is 44.6 cm³/mol. The zero-order valence-corrected chi connectivity index (χ0v) is 8.11. The maximum Gasteiger partial charge on any atom is 0.391 e. The highest BCUT2D eigenvalue weighted by Gasteiger charge is 2.27. The van der Waals surface area contributed by atoms with Gasteiger partial charge in [0, 0.05) is 6.04 Å². The molecule has 0 saturated heterocycles. The first-order valence-corrected chi connectivity index (χ1v) is 4.22. The smallest absolute Gasteiger partial charge is 0.377 e. The second-order valence-electron chi connectivity index (χ2n) is 3.02. The molecule has 2 nitrogen and oxygen atoms in total. The van der Waals surface area contributed by atoms with E-state index in [4.69, 9.17) is 4.74 Å². The fourth-order valence-electron chi connectivity index (χ4n) is 0.740. The highest BCUT2D eigenvalue weighted by molar-refractivity contribution is 4.65. The Kier molecular flexibility index (Phi) is 5.32. The Morgan fingerprint density at radius 1 is 1.31 bits per heavy atom. The summed E-state index contributed by atoms with van der Waals surface area (Å²) in [7, 11) is 1.74. The van der Waals surface area contributed by atoms with Crippen molar-refractivity contribution in [3.8, 4) is 0 Å². The molecule has 0 amide bonds. The molecule has 0 rings (SSSR count). The summed E-state index contributed by atoms with van der Waals surface area (Å²) in [4.78, 5) is 0. The van der Waals surface area contributed by atoms with Crippen LogP contribution in [-0.2, 0) is 4.74 Å². The predicted octanol–water partition coefficient (Wildman–Crippen LogP) is 1.95. The van der Waals surface area contributed by atoms with Crippen LogP contribution in [0.15, 0.2) is 0 Å². The van der Waals surface area contributed by atoms with Gasteiger partial charge in [-0.25, -0.2) is 0 Å². The summed E-state index contributed by atoms with van der Waals surface area (Å²) in [5.41, 5.74) is 0. The first kappa shape index (κ1) is 12.7. The second-order valence-corrected chi connectivity index (χ2v) is 3.02. The highest BCUT2D eigenvalue weighted by Crippen LogP contribution is 2.19. The van der Waals surface area contributed by atoms with Crippen molar-refractivity contribution < 1.29 is 17.9 Å². The van der Waals surface area contributed by atoms with Crippen molar-refractivity contribution in [3.63, 3.8) is 0 Å². The van der Waals surface area contributed by atoms with Gasteiger partial charge in [0.1, 0.15) is 0 Å². The summed E-state index contributed by atoms with van der Waals surface area (Å²) in [6.07, 6.45) is -5.21. The molecule has 0 bridgehead atoms. The van der Waals surface area contributed by atoms with Crippen molar-refractivity contribution in [2.24, 2.45) is 0 Å². The summed E-state index contributed by atoms with van der Waals surface area (Å²) in [6.45, 7) is 3.34. The Morgan fingerprint density at radius 3 is 2.23 bits per heavy atom. The van der Waals surface area contributed by atoms with E-state index in [1.807, 2.05) is 6.92 Å². The Bertz CT molecular complexity index is 138. The summed E-state index contributed by atoms with van der Waals surface area (Å²) in [5.74, 6) is 0. The molecule has 2 atom stereocenters. The molecule has 0 aromatic carbocycles. The molecule has 0 saturated carbocycles. The Labute approximate surface area is 76.5 Å². The van der Waals surface area contributed by atoms with E-state index in [-0.39, 0.29) is 18.8 Å². The summed E-state index contributed by atoms with van der Waals surface area (Å²) in [5, 5.41) is 2.91. The molecule has 1 N–H and O–H groups in total. The molecule has 2 unspecified atom stereocenters. The van der Waals surface area contributed by atoms with Gasteiger partial charge in [-0.15, -0.1) is 0 Å². The highest BCUT2D eigenvalue weighted by atomic mass is 19.4. The maximum atomic E-state index is 11.7. The van der Waals surface area contributed by atoms with E-state index >= 15 is 0 Å². The van der Waals surface area contributed by atoms with Gasteiger partial charge >= 0.3 is 6.18 Å². The molecule has 80 valence electrons. The van der Waals surface area contributed by atoms with Gasteiger partial charge in [0.15, 0.2) is 0 Å². The molecule has 0 fully saturated rings. The Balaban J connectivity index is 3.53. The van der Waals surface area contributed by atoms with E-state index in [2.05, 4.69) is 5.32 Å². The lowest BCUT2D eigenvalue weighted by molar-refractivity contribution is -0.149. The molecule has 0 aromatic heterocycles. The lowest BCUT2D eigenvalue weighted by Crippen LogP contribution is -2.35. The molecule has 0 aliphatic carbocycles. The van der Waals surface area contributed by atoms with Crippen LogP contribution in [0.3, 0.4) is 0 Å². The van der Waals surface area contributed by atoms with Gasteiger partial charge in [0.05, 0.1) is 19.1 Å². The van der Waals surface area contributed by atoms with Crippen molar-refractivity contribution >= 4 is 0 Å². The molecule has 0 aromatic rings. The summed E-state index contributed by atoms with van der Waals surface area (Å²) in [6, 6.07) is 0.0632. The van der Waals surface area contributed by atoms with Gasteiger partial charge in [0.2, 0.25) is 0 Å². The van der Waals surface area contributed by atoms with E-state index in [9.17, 15) is 13.2 Å². The SMILES string of the molecule is CNC(C)C(C)OCCC(F)(F)F. The minimum Gasteiger partial charge on any atom is -0.377 e. The molecular weight excluding hydrogens is 183 g/mol. The molecule has 13 heavy (non-hydrogen) atoms. The molecule has 0 aliphatic heterocycles. The van der Waals surface area contributed by atoms with Gasteiger partial charge in [-0.3, -0.25) is 0 Å². The van der Waals surface area contributed by atoms with Gasteiger partial charge in [-0.05, 0) is 20.9 Å². The standard InChI is InChI=1S/C8H16F3NO/c1-6(12-3)7(2)13-5-4-8(9,10)11/h6-7,12H,4-5H2,1-3H3. The molecule has 5 heteroatoms. The summed E-state index contributed by atoms with van der Waals surface area (Å²) >= 11 is 0. The fraction of sp³-hybridized carbons (Fsp3) is 1.00. The van der Waals surface area contributed by atoms with Gasteiger partial charge < -0.3 is 10.1 Å². The largest absolute Gasteiger partial charge is 0.391 e. The van der Waals surface area contributed by atoms with Crippen LogP contribution in [0, 0.1) is 0 Å². The third kappa shape index (κ3) is 6.83. The lowest BCUT2D eigenvalue weighted by Gasteiger charge is -2.20. The molecule has 0 spiro atoms. The number of rotatable bonds is 5. The van der Waals surface area contributed by atoms with Crippen LogP contribution < -0.4 is 5.32 Å². The number of nitrogens with one attached hydrogen (secondary N) is 1. The molecule has 0 heterocycles. The number of ether oxygens (including phenoxy) is 1.